The van der Waals surface area contributed by atoms with E-state index >= 15 is 0 Å². The minimum absolute atomic E-state index is 0.0365. The third kappa shape index (κ3) is 3.56. The molecule has 0 fully saturated rings. The van der Waals surface area contributed by atoms with Crippen LogP contribution in [-0.2, 0) is 10.4 Å². The lowest BCUT2D eigenvalue weighted by Gasteiger charge is -2.26. The van der Waals surface area contributed by atoms with Crippen LogP contribution in [0.3, 0.4) is 0 Å². The first-order valence-electron chi connectivity index (χ1n) is 7.74. The highest BCUT2D eigenvalue weighted by Crippen LogP contribution is 2.38. The smallest absolute Gasteiger partial charge is 0.296 e. The maximum Gasteiger partial charge on any atom is 0.296 e. The Balaban J connectivity index is 1.89. The Kier molecular flexibility index (Phi) is 4.71. The van der Waals surface area contributed by atoms with Crippen molar-refractivity contribution in [2.75, 3.05) is 23.8 Å². The second-order valence-electron chi connectivity index (χ2n) is 6.07. The van der Waals surface area contributed by atoms with Crippen LogP contribution in [0.1, 0.15) is 12.5 Å². The second kappa shape index (κ2) is 6.81. The van der Waals surface area contributed by atoms with Crippen LogP contribution >= 0.6 is 11.6 Å². The van der Waals surface area contributed by atoms with Crippen molar-refractivity contribution in [2.45, 2.75) is 12.5 Å². The first-order valence-corrected chi connectivity index (χ1v) is 8.12. The number of nitro groups is 1. The van der Waals surface area contributed by atoms with Gasteiger partial charge in [-0.15, -0.1) is 0 Å². The number of benzene rings is 2. The fourth-order valence-electron chi connectivity index (χ4n) is 2.67. The molecule has 0 aliphatic carbocycles. The van der Waals surface area contributed by atoms with Gasteiger partial charge in [0.15, 0.2) is 12.4 Å². The maximum atomic E-state index is 11.5. The summed E-state index contributed by atoms with van der Waals surface area (Å²) in [6.07, 6.45) is 0. The minimum Gasteiger partial charge on any atom is -0.481 e. The number of carbonyl (C=O) groups excluding carboxylic acids is 1. The zero-order valence-electron chi connectivity index (χ0n) is 13.8. The van der Waals surface area contributed by atoms with E-state index in [1.54, 1.807) is 31.2 Å². The Labute approximate surface area is 153 Å². The number of ether oxygens (including phenoxy) is 1. The highest BCUT2D eigenvalue weighted by molar-refractivity contribution is 6.31. The summed E-state index contributed by atoms with van der Waals surface area (Å²) < 4.78 is 5.20. The van der Waals surface area contributed by atoms with Gasteiger partial charge in [0.2, 0.25) is 0 Å². The van der Waals surface area contributed by atoms with Crippen molar-refractivity contribution in [2.24, 2.45) is 0 Å². The Bertz CT molecular complexity index is 885. The average Bonchev–Trinajstić information content (AvgIpc) is 2.59. The van der Waals surface area contributed by atoms with E-state index in [2.05, 4.69) is 10.6 Å². The van der Waals surface area contributed by atoms with Crippen LogP contribution in [0, 0.1) is 10.1 Å². The number of anilines is 2. The van der Waals surface area contributed by atoms with Crippen LogP contribution in [0.5, 0.6) is 5.75 Å². The fourth-order valence-corrected chi connectivity index (χ4v) is 3.01. The monoisotopic (exact) mass is 377 g/mol. The SMILES string of the molecule is CC(O)(CNc1cc2c(cc1[N+](=O)[O-])OCC(=O)N2)c1ccccc1Cl. The minimum atomic E-state index is -1.37. The number of rotatable bonds is 5. The van der Waals surface area contributed by atoms with Crippen molar-refractivity contribution in [1.82, 2.24) is 0 Å². The molecule has 0 saturated heterocycles. The highest BCUT2D eigenvalue weighted by Gasteiger charge is 2.28. The second-order valence-corrected chi connectivity index (χ2v) is 6.47. The van der Waals surface area contributed by atoms with Gasteiger partial charge in [-0.05, 0) is 19.1 Å². The molecule has 2 aromatic carbocycles. The summed E-state index contributed by atoms with van der Waals surface area (Å²) in [6, 6.07) is 9.46. The number of amides is 1. The van der Waals surface area contributed by atoms with E-state index in [0.717, 1.165) is 0 Å². The molecule has 8 nitrogen and oxygen atoms in total. The third-order valence-corrected chi connectivity index (χ3v) is 4.33. The quantitative estimate of drug-likeness (QED) is 0.545. The van der Waals surface area contributed by atoms with Gasteiger partial charge in [-0.1, -0.05) is 29.8 Å². The topological polar surface area (TPSA) is 114 Å². The van der Waals surface area contributed by atoms with Gasteiger partial charge in [0.25, 0.3) is 11.6 Å². The van der Waals surface area contributed by atoms with Crippen molar-refractivity contribution in [1.29, 1.82) is 0 Å². The molecule has 26 heavy (non-hydrogen) atoms. The van der Waals surface area contributed by atoms with Gasteiger partial charge >= 0.3 is 0 Å². The lowest BCUT2D eigenvalue weighted by atomic mass is 9.96. The molecule has 1 amide bonds. The summed E-state index contributed by atoms with van der Waals surface area (Å²) in [5.41, 5.74) is -0.637. The van der Waals surface area contributed by atoms with Crippen molar-refractivity contribution in [3.63, 3.8) is 0 Å². The van der Waals surface area contributed by atoms with Crippen molar-refractivity contribution in [3.05, 3.63) is 57.1 Å². The number of hydrogen-bond donors (Lipinski definition) is 3. The zero-order chi connectivity index (χ0) is 18.9. The summed E-state index contributed by atoms with van der Waals surface area (Å²) in [7, 11) is 0. The standard InChI is InChI=1S/C17H16ClN3O5/c1-17(23,10-4-2-3-5-11(10)18)9-19-12-6-13-15(7-14(12)21(24)25)26-8-16(22)20-13/h2-7,19,23H,8-9H2,1H3,(H,20,22). The van der Waals surface area contributed by atoms with E-state index in [1.165, 1.54) is 12.1 Å². The molecule has 3 rings (SSSR count). The van der Waals surface area contributed by atoms with Gasteiger partial charge in [-0.3, -0.25) is 14.9 Å². The molecule has 9 heteroatoms. The Morgan fingerprint density at radius 1 is 1.42 bits per heavy atom. The lowest BCUT2D eigenvalue weighted by molar-refractivity contribution is -0.384. The van der Waals surface area contributed by atoms with Gasteiger partial charge in [0.05, 0.1) is 16.7 Å². The normalized spacial score (nSPS) is 15.3. The molecule has 0 radical (unpaired) electrons. The molecular formula is C17H16ClN3O5. The number of aliphatic hydroxyl groups is 1. The van der Waals surface area contributed by atoms with E-state index in [4.69, 9.17) is 16.3 Å². The molecule has 2 aromatic rings. The summed E-state index contributed by atoms with van der Waals surface area (Å²) in [4.78, 5) is 22.2. The number of carbonyl (C=O) groups is 1. The summed E-state index contributed by atoms with van der Waals surface area (Å²) in [6.45, 7) is 1.32. The molecule has 1 atom stereocenters. The lowest BCUT2D eigenvalue weighted by Crippen LogP contribution is -2.31. The van der Waals surface area contributed by atoms with Gasteiger partial charge < -0.3 is 20.5 Å². The summed E-state index contributed by atoms with van der Waals surface area (Å²) in [5.74, 6) is -0.125. The largest absolute Gasteiger partial charge is 0.481 e. The molecule has 0 saturated carbocycles. The van der Waals surface area contributed by atoms with Crippen LogP contribution < -0.4 is 15.4 Å². The molecule has 3 N–H and O–H groups in total. The van der Waals surface area contributed by atoms with Gasteiger partial charge in [0, 0.05) is 17.1 Å². The van der Waals surface area contributed by atoms with E-state index in [1.807, 2.05) is 0 Å². The highest BCUT2D eigenvalue weighted by atomic mass is 35.5. The van der Waals surface area contributed by atoms with Crippen molar-refractivity contribution < 1.29 is 19.6 Å². The Morgan fingerprint density at radius 2 is 2.15 bits per heavy atom. The molecule has 1 aliphatic heterocycles. The van der Waals surface area contributed by atoms with Crippen LogP contribution in [0.25, 0.3) is 0 Å². The third-order valence-electron chi connectivity index (χ3n) is 4.00. The molecule has 1 aliphatic rings. The average molecular weight is 378 g/mol. The Morgan fingerprint density at radius 3 is 2.85 bits per heavy atom. The van der Waals surface area contributed by atoms with Crippen molar-refractivity contribution >= 4 is 34.6 Å². The molecule has 1 unspecified atom stereocenters. The van der Waals surface area contributed by atoms with Crippen LogP contribution in [0.2, 0.25) is 5.02 Å². The van der Waals surface area contributed by atoms with E-state index in [9.17, 15) is 20.0 Å². The van der Waals surface area contributed by atoms with E-state index in [0.29, 0.717) is 16.3 Å². The van der Waals surface area contributed by atoms with Crippen LogP contribution in [-0.4, -0.2) is 29.1 Å². The number of hydrogen-bond acceptors (Lipinski definition) is 6. The number of nitrogens with one attached hydrogen (secondary N) is 2. The molecule has 0 spiro atoms. The van der Waals surface area contributed by atoms with Gasteiger partial charge in [0.1, 0.15) is 11.3 Å². The first-order chi connectivity index (χ1) is 12.3. The Hall–Kier alpha value is -2.84. The molecule has 1 heterocycles. The number of halogens is 1. The molecule has 0 bridgehead atoms. The molecule has 136 valence electrons. The van der Waals surface area contributed by atoms with E-state index < -0.39 is 10.5 Å². The molecule has 0 aromatic heterocycles. The van der Waals surface area contributed by atoms with Crippen molar-refractivity contribution in [3.8, 4) is 5.75 Å². The first kappa shape index (κ1) is 18.0. The van der Waals surface area contributed by atoms with Gasteiger partial charge in [-0.2, -0.15) is 0 Å². The van der Waals surface area contributed by atoms with Gasteiger partial charge in [-0.25, -0.2) is 0 Å². The van der Waals surface area contributed by atoms with E-state index in [-0.39, 0.29) is 36.2 Å². The fraction of sp³-hybridized carbons (Fsp3) is 0.235. The number of fused-ring (bicyclic) bond motifs is 1. The number of nitrogens with zero attached hydrogens (tertiary/aromatic N) is 1. The van der Waals surface area contributed by atoms with Crippen LogP contribution in [0.15, 0.2) is 36.4 Å². The summed E-state index contributed by atoms with van der Waals surface area (Å²) in [5, 5.41) is 27.9. The number of nitro benzene ring substituents is 1. The summed E-state index contributed by atoms with van der Waals surface area (Å²) >= 11 is 6.12. The van der Waals surface area contributed by atoms with Crippen LogP contribution in [0.4, 0.5) is 17.1 Å². The zero-order valence-corrected chi connectivity index (χ0v) is 14.5. The molecular weight excluding hydrogens is 362 g/mol. The predicted molar refractivity (Wildman–Crippen MR) is 96.7 cm³/mol. The maximum absolute atomic E-state index is 11.5. The predicted octanol–water partition coefficient (Wildman–Crippen LogP) is 2.90.